The van der Waals surface area contributed by atoms with Crippen molar-refractivity contribution in [3.63, 3.8) is 0 Å². The third kappa shape index (κ3) is 56.7. The van der Waals surface area contributed by atoms with Crippen molar-refractivity contribution in [3.05, 3.63) is 24.3 Å². The molecule has 0 heterocycles. The van der Waals surface area contributed by atoms with Gasteiger partial charge in [0.2, 0.25) is 0 Å². The van der Waals surface area contributed by atoms with Crippen molar-refractivity contribution in [3.8, 4) is 0 Å². The summed E-state index contributed by atoms with van der Waals surface area (Å²) < 4.78 is 16.9. The van der Waals surface area contributed by atoms with Crippen molar-refractivity contribution >= 4 is 17.9 Å². The first kappa shape index (κ1) is 66.9. The standard InChI is InChI=1S/C63H118O6/c1-4-7-10-13-16-19-22-25-28-31-33-35-38-41-44-47-50-53-56-62(65)68-59-60(58-67-61(64)55-52-49-46-43-40-37-34-30-27-24-21-18-15-12-9-6-3)69-63(66)57-54-51-48-45-42-39-36-32-29-26-23-20-17-14-11-8-5-2/h26,29,33,35,60H,4-25,27-28,30-32,34,36-59H2,1-3H3/b29-26-,35-33-. The zero-order valence-corrected chi connectivity index (χ0v) is 46.6. The van der Waals surface area contributed by atoms with Crippen molar-refractivity contribution < 1.29 is 28.6 Å². The molecule has 0 amide bonds. The van der Waals surface area contributed by atoms with E-state index in [0.717, 1.165) is 64.2 Å². The molecule has 6 nitrogen and oxygen atoms in total. The molecule has 0 aliphatic heterocycles. The van der Waals surface area contributed by atoms with Crippen LogP contribution in [0.4, 0.5) is 0 Å². The molecule has 69 heavy (non-hydrogen) atoms. The van der Waals surface area contributed by atoms with Crippen LogP contribution in [0.25, 0.3) is 0 Å². The molecule has 1 atom stereocenters. The van der Waals surface area contributed by atoms with E-state index >= 15 is 0 Å². The largest absolute Gasteiger partial charge is 0.462 e. The van der Waals surface area contributed by atoms with Gasteiger partial charge in [0, 0.05) is 19.3 Å². The summed E-state index contributed by atoms with van der Waals surface area (Å²) in [4.78, 5) is 38.2. The number of unbranched alkanes of at least 4 members (excludes halogenated alkanes) is 42. The fourth-order valence-corrected chi connectivity index (χ4v) is 9.26. The fourth-order valence-electron chi connectivity index (χ4n) is 9.26. The van der Waals surface area contributed by atoms with E-state index in [1.807, 2.05) is 0 Å². The van der Waals surface area contributed by atoms with Crippen LogP contribution in [0.15, 0.2) is 24.3 Å². The number of hydrogen-bond donors (Lipinski definition) is 0. The first-order valence-corrected chi connectivity index (χ1v) is 30.8. The van der Waals surface area contributed by atoms with Crippen LogP contribution in [-0.2, 0) is 28.6 Å². The van der Waals surface area contributed by atoms with E-state index in [0.29, 0.717) is 19.3 Å². The number of rotatable bonds is 57. The highest BCUT2D eigenvalue weighted by Gasteiger charge is 2.19. The highest BCUT2D eigenvalue weighted by Crippen LogP contribution is 2.17. The number of carbonyl (C=O) groups is 3. The number of hydrogen-bond acceptors (Lipinski definition) is 6. The Morgan fingerprint density at radius 1 is 0.275 bits per heavy atom. The smallest absolute Gasteiger partial charge is 0.306 e. The molecule has 406 valence electrons. The lowest BCUT2D eigenvalue weighted by Gasteiger charge is -2.18. The Balaban J connectivity index is 4.34. The van der Waals surface area contributed by atoms with Crippen LogP contribution in [0.2, 0.25) is 0 Å². The lowest BCUT2D eigenvalue weighted by molar-refractivity contribution is -0.167. The Hall–Kier alpha value is -2.11. The van der Waals surface area contributed by atoms with Gasteiger partial charge in [0.15, 0.2) is 6.10 Å². The van der Waals surface area contributed by atoms with Crippen molar-refractivity contribution in [1.29, 1.82) is 0 Å². The van der Waals surface area contributed by atoms with E-state index in [4.69, 9.17) is 14.2 Å². The minimum Gasteiger partial charge on any atom is -0.462 e. The molecular formula is C63H118O6. The van der Waals surface area contributed by atoms with Gasteiger partial charge < -0.3 is 14.2 Å². The summed E-state index contributed by atoms with van der Waals surface area (Å²) in [6, 6.07) is 0. The molecule has 0 aliphatic rings. The normalized spacial score (nSPS) is 12.1. The summed E-state index contributed by atoms with van der Waals surface area (Å²) >= 11 is 0. The minimum absolute atomic E-state index is 0.0708. The average molecular weight is 972 g/mol. The molecule has 0 aromatic carbocycles. The third-order valence-corrected chi connectivity index (χ3v) is 13.9. The molecule has 0 fully saturated rings. The quantitative estimate of drug-likeness (QED) is 0.0261. The van der Waals surface area contributed by atoms with E-state index in [2.05, 4.69) is 45.1 Å². The second-order valence-electron chi connectivity index (χ2n) is 21.0. The topological polar surface area (TPSA) is 78.9 Å². The summed E-state index contributed by atoms with van der Waals surface area (Å²) in [5.74, 6) is -0.860. The highest BCUT2D eigenvalue weighted by molar-refractivity contribution is 5.71. The Kier molecular flexibility index (Phi) is 56.7. The Bertz CT molecular complexity index is 1110. The molecule has 6 heteroatoms. The average Bonchev–Trinajstić information content (AvgIpc) is 3.35. The van der Waals surface area contributed by atoms with Crippen molar-refractivity contribution in [1.82, 2.24) is 0 Å². The molecule has 0 saturated heterocycles. The molecule has 0 bridgehead atoms. The molecule has 0 saturated carbocycles. The van der Waals surface area contributed by atoms with E-state index in [1.54, 1.807) is 0 Å². The molecule has 0 aromatic heterocycles. The van der Waals surface area contributed by atoms with E-state index in [-0.39, 0.29) is 31.1 Å². The predicted octanol–water partition coefficient (Wildman–Crippen LogP) is 20.7. The maximum absolute atomic E-state index is 12.9. The summed E-state index contributed by atoms with van der Waals surface area (Å²) in [6.07, 6.45) is 68.8. The van der Waals surface area contributed by atoms with Crippen LogP contribution in [0.1, 0.15) is 342 Å². The van der Waals surface area contributed by atoms with E-state index in [1.165, 1.54) is 238 Å². The highest BCUT2D eigenvalue weighted by atomic mass is 16.6. The lowest BCUT2D eigenvalue weighted by atomic mass is 10.0. The predicted molar refractivity (Wildman–Crippen MR) is 298 cm³/mol. The summed E-state index contributed by atoms with van der Waals surface area (Å²) in [6.45, 7) is 6.69. The Labute approximate surface area is 430 Å². The number of carbonyl (C=O) groups excluding carboxylic acids is 3. The van der Waals surface area contributed by atoms with Gasteiger partial charge in [-0.1, -0.05) is 276 Å². The summed E-state index contributed by atoms with van der Waals surface area (Å²) in [7, 11) is 0. The van der Waals surface area contributed by atoms with Gasteiger partial charge in [-0.3, -0.25) is 14.4 Å². The second kappa shape index (κ2) is 58.5. The molecule has 0 N–H and O–H groups in total. The van der Waals surface area contributed by atoms with Crippen LogP contribution in [0.5, 0.6) is 0 Å². The SMILES string of the molecule is CCCCCCCC/C=C\CCCCCCCCCC(=O)OC(COC(=O)CCCCCCC/C=C\CCCCCCCCCCC)COC(=O)CCCCCCCCCCCCCCCCCC. The van der Waals surface area contributed by atoms with Crippen molar-refractivity contribution in [2.45, 2.75) is 348 Å². The van der Waals surface area contributed by atoms with E-state index < -0.39 is 6.10 Å². The number of esters is 3. The van der Waals surface area contributed by atoms with Gasteiger partial charge in [-0.05, 0) is 70.6 Å². The lowest BCUT2D eigenvalue weighted by Crippen LogP contribution is -2.30. The third-order valence-electron chi connectivity index (χ3n) is 13.9. The van der Waals surface area contributed by atoms with Crippen LogP contribution >= 0.6 is 0 Å². The molecule has 1 unspecified atom stereocenters. The molecule has 0 spiro atoms. The van der Waals surface area contributed by atoms with E-state index in [9.17, 15) is 14.4 Å². The van der Waals surface area contributed by atoms with Crippen LogP contribution in [0.3, 0.4) is 0 Å². The number of allylic oxidation sites excluding steroid dienone is 4. The molecule has 0 rings (SSSR count). The monoisotopic (exact) mass is 971 g/mol. The van der Waals surface area contributed by atoms with Crippen LogP contribution < -0.4 is 0 Å². The van der Waals surface area contributed by atoms with Crippen molar-refractivity contribution in [2.75, 3.05) is 13.2 Å². The van der Waals surface area contributed by atoms with Gasteiger partial charge >= 0.3 is 17.9 Å². The minimum atomic E-state index is -0.774. The van der Waals surface area contributed by atoms with Gasteiger partial charge in [-0.15, -0.1) is 0 Å². The number of ether oxygens (including phenoxy) is 3. The van der Waals surface area contributed by atoms with Crippen molar-refractivity contribution in [2.24, 2.45) is 0 Å². The molecule has 0 aliphatic carbocycles. The molecule has 0 radical (unpaired) electrons. The first-order chi connectivity index (χ1) is 34.0. The Morgan fingerprint density at radius 3 is 0.725 bits per heavy atom. The summed E-state index contributed by atoms with van der Waals surface area (Å²) in [5.41, 5.74) is 0. The van der Waals surface area contributed by atoms with Gasteiger partial charge in [0.25, 0.3) is 0 Å². The molecule has 0 aromatic rings. The maximum Gasteiger partial charge on any atom is 0.306 e. The van der Waals surface area contributed by atoms with Gasteiger partial charge in [0.1, 0.15) is 13.2 Å². The van der Waals surface area contributed by atoms with Gasteiger partial charge in [-0.25, -0.2) is 0 Å². The molecular weight excluding hydrogens is 853 g/mol. The van der Waals surface area contributed by atoms with Gasteiger partial charge in [-0.2, -0.15) is 0 Å². The zero-order valence-electron chi connectivity index (χ0n) is 46.6. The first-order valence-electron chi connectivity index (χ1n) is 30.8. The maximum atomic E-state index is 12.9. The fraction of sp³-hybridized carbons (Fsp3) is 0.889. The summed E-state index contributed by atoms with van der Waals surface area (Å²) in [5, 5.41) is 0. The van der Waals surface area contributed by atoms with Gasteiger partial charge in [0.05, 0.1) is 0 Å². The van der Waals surface area contributed by atoms with Crippen LogP contribution in [-0.4, -0.2) is 37.2 Å². The second-order valence-corrected chi connectivity index (χ2v) is 21.0. The zero-order chi connectivity index (χ0) is 50.0. The Morgan fingerprint density at radius 2 is 0.478 bits per heavy atom. The van der Waals surface area contributed by atoms with Crippen LogP contribution in [0, 0.1) is 0 Å².